The summed E-state index contributed by atoms with van der Waals surface area (Å²) in [7, 11) is 3.63. The molecule has 0 atom stereocenters. The van der Waals surface area contributed by atoms with Gasteiger partial charge in [-0.15, -0.1) is 0 Å². The fourth-order valence-corrected chi connectivity index (χ4v) is 1.85. The first kappa shape index (κ1) is 15.4. The maximum absolute atomic E-state index is 5.20. The van der Waals surface area contributed by atoms with Crippen LogP contribution >= 0.6 is 0 Å². The van der Waals surface area contributed by atoms with E-state index in [2.05, 4.69) is 45.9 Å². The summed E-state index contributed by atoms with van der Waals surface area (Å²) in [6.07, 6.45) is 1.50. The number of nitrogens with zero attached hydrogens (tertiary/aromatic N) is 5. The Bertz CT molecular complexity index is 576. The van der Waals surface area contributed by atoms with Crippen molar-refractivity contribution in [2.24, 2.45) is 0 Å². The molecule has 0 saturated heterocycles. The molecule has 0 aliphatic heterocycles. The molecule has 114 valence electrons. The lowest BCUT2D eigenvalue weighted by atomic mass is 9.95. The Hall–Kier alpha value is -2.02. The lowest BCUT2D eigenvalue weighted by Gasteiger charge is -2.22. The van der Waals surface area contributed by atoms with E-state index in [0.29, 0.717) is 13.2 Å². The number of aromatic amines is 1. The van der Waals surface area contributed by atoms with E-state index in [4.69, 9.17) is 4.74 Å². The van der Waals surface area contributed by atoms with Gasteiger partial charge in [0.2, 0.25) is 0 Å². The Balaban J connectivity index is 2.30. The van der Waals surface area contributed by atoms with E-state index in [-0.39, 0.29) is 5.41 Å². The molecule has 0 amide bonds. The molecule has 2 aromatic rings. The van der Waals surface area contributed by atoms with Crippen molar-refractivity contribution in [3.05, 3.63) is 29.7 Å². The summed E-state index contributed by atoms with van der Waals surface area (Å²) in [6, 6.07) is 1.94. The summed E-state index contributed by atoms with van der Waals surface area (Å²) < 4.78 is 5.20. The van der Waals surface area contributed by atoms with Crippen LogP contribution in [0.4, 0.5) is 5.82 Å². The quantitative estimate of drug-likeness (QED) is 0.902. The molecular formula is C14H22N6O. The average molecular weight is 290 g/mol. The van der Waals surface area contributed by atoms with Gasteiger partial charge in [-0.1, -0.05) is 20.8 Å². The fourth-order valence-electron chi connectivity index (χ4n) is 1.85. The second-order valence-electron chi connectivity index (χ2n) is 6.01. The van der Waals surface area contributed by atoms with Crippen molar-refractivity contribution in [2.45, 2.75) is 39.3 Å². The first-order valence-corrected chi connectivity index (χ1v) is 6.83. The van der Waals surface area contributed by atoms with Crippen LogP contribution in [0.5, 0.6) is 0 Å². The first-order chi connectivity index (χ1) is 9.90. The van der Waals surface area contributed by atoms with Crippen LogP contribution in [0.1, 0.15) is 38.1 Å². The van der Waals surface area contributed by atoms with E-state index < -0.39 is 0 Å². The molecule has 2 aromatic heterocycles. The minimum atomic E-state index is -0.119. The van der Waals surface area contributed by atoms with Crippen LogP contribution in [-0.4, -0.2) is 39.3 Å². The molecule has 0 fully saturated rings. The summed E-state index contributed by atoms with van der Waals surface area (Å²) in [5.74, 6) is 2.44. The zero-order valence-electron chi connectivity index (χ0n) is 13.2. The number of methoxy groups -OCH3 is 1. The number of H-pyrrole nitrogens is 1. The van der Waals surface area contributed by atoms with Crippen molar-refractivity contribution in [3.63, 3.8) is 0 Å². The number of aromatic nitrogens is 5. The molecule has 0 aliphatic carbocycles. The summed E-state index contributed by atoms with van der Waals surface area (Å²) in [5, 5.41) is 6.71. The molecule has 2 heterocycles. The van der Waals surface area contributed by atoms with Crippen molar-refractivity contribution in [2.75, 3.05) is 19.1 Å². The van der Waals surface area contributed by atoms with Crippen LogP contribution in [0, 0.1) is 0 Å². The SMILES string of the molecule is COCc1cc(N(C)Cc2ncn[nH]2)nc(C(C)(C)C)n1. The minimum Gasteiger partial charge on any atom is -0.378 e. The summed E-state index contributed by atoms with van der Waals surface area (Å²) in [6.45, 7) is 7.36. The van der Waals surface area contributed by atoms with Gasteiger partial charge in [-0.2, -0.15) is 5.10 Å². The zero-order valence-corrected chi connectivity index (χ0v) is 13.2. The highest BCUT2D eigenvalue weighted by atomic mass is 16.5. The van der Waals surface area contributed by atoms with Crippen LogP contribution < -0.4 is 4.90 Å². The molecule has 7 heteroatoms. The number of hydrogen-bond donors (Lipinski definition) is 1. The highest BCUT2D eigenvalue weighted by molar-refractivity contribution is 5.39. The van der Waals surface area contributed by atoms with Gasteiger partial charge in [-0.05, 0) is 0 Å². The lowest BCUT2D eigenvalue weighted by Crippen LogP contribution is -2.23. The van der Waals surface area contributed by atoms with Crippen LogP contribution in [0.3, 0.4) is 0 Å². The maximum atomic E-state index is 5.20. The third kappa shape index (κ3) is 3.98. The monoisotopic (exact) mass is 290 g/mol. The van der Waals surface area contributed by atoms with Crippen LogP contribution in [0.2, 0.25) is 0 Å². The molecule has 0 aliphatic rings. The van der Waals surface area contributed by atoms with Gasteiger partial charge < -0.3 is 9.64 Å². The smallest absolute Gasteiger partial charge is 0.143 e. The van der Waals surface area contributed by atoms with Crippen LogP contribution in [0.25, 0.3) is 0 Å². The van der Waals surface area contributed by atoms with Gasteiger partial charge >= 0.3 is 0 Å². The van der Waals surface area contributed by atoms with Gasteiger partial charge in [0.05, 0.1) is 18.8 Å². The molecule has 0 unspecified atom stereocenters. The Morgan fingerprint density at radius 2 is 2.05 bits per heavy atom. The Morgan fingerprint density at radius 3 is 2.62 bits per heavy atom. The molecule has 0 spiro atoms. The molecule has 2 rings (SSSR count). The number of anilines is 1. The molecule has 1 N–H and O–H groups in total. The maximum Gasteiger partial charge on any atom is 0.143 e. The second-order valence-corrected chi connectivity index (χ2v) is 6.01. The Kier molecular flexibility index (Phi) is 4.52. The minimum absolute atomic E-state index is 0.119. The number of ether oxygens (including phenoxy) is 1. The molecule has 0 bridgehead atoms. The molecule has 0 radical (unpaired) electrons. The zero-order chi connectivity index (χ0) is 15.5. The van der Waals surface area contributed by atoms with Gasteiger partial charge in [0.15, 0.2) is 0 Å². The van der Waals surface area contributed by atoms with Gasteiger partial charge in [0, 0.05) is 25.6 Å². The van der Waals surface area contributed by atoms with Gasteiger partial charge in [-0.3, -0.25) is 5.10 Å². The van der Waals surface area contributed by atoms with Gasteiger partial charge in [0.25, 0.3) is 0 Å². The standard InChI is InChI=1S/C14H22N6O/c1-14(2,3)13-17-10(8-21-5)6-12(18-13)20(4)7-11-15-9-16-19-11/h6,9H,7-8H2,1-5H3,(H,15,16,19). The van der Waals surface area contributed by atoms with E-state index >= 15 is 0 Å². The number of nitrogens with one attached hydrogen (secondary N) is 1. The summed E-state index contributed by atoms with van der Waals surface area (Å²) in [4.78, 5) is 15.4. The topological polar surface area (TPSA) is 79.8 Å². The van der Waals surface area contributed by atoms with Crippen molar-refractivity contribution < 1.29 is 4.74 Å². The van der Waals surface area contributed by atoms with Gasteiger partial charge in [-0.25, -0.2) is 15.0 Å². The van der Waals surface area contributed by atoms with Crippen molar-refractivity contribution in [1.82, 2.24) is 25.1 Å². The number of hydrogen-bond acceptors (Lipinski definition) is 6. The van der Waals surface area contributed by atoms with Crippen molar-refractivity contribution in [1.29, 1.82) is 0 Å². The van der Waals surface area contributed by atoms with E-state index in [1.165, 1.54) is 6.33 Å². The molecule has 0 aromatic carbocycles. The molecule has 21 heavy (non-hydrogen) atoms. The van der Waals surface area contributed by atoms with Crippen LogP contribution in [-0.2, 0) is 23.3 Å². The highest BCUT2D eigenvalue weighted by Crippen LogP contribution is 2.22. The van der Waals surface area contributed by atoms with Crippen molar-refractivity contribution >= 4 is 5.82 Å². The van der Waals surface area contributed by atoms with E-state index in [1.807, 2.05) is 18.0 Å². The Labute approximate surface area is 124 Å². The first-order valence-electron chi connectivity index (χ1n) is 6.83. The van der Waals surface area contributed by atoms with E-state index in [9.17, 15) is 0 Å². The largest absolute Gasteiger partial charge is 0.378 e. The van der Waals surface area contributed by atoms with E-state index in [0.717, 1.165) is 23.2 Å². The predicted molar refractivity (Wildman–Crippen MR) is 79.9 cm³/mol. The molecular weight excluding hydrogens is 268 g/mol. The fraction of sp³-hybridized carbons (Fsp3) is 0.571. The Morgan fingerprint density at radius 1 is 1.29 bits per heavy atom. The lowest BCUT2D eigenvalue weighted by molar-refractivity contribution is 0.181. The third-order valence-corrected chi connectivity index (χ3v) is 2.97. The molecule has 0 saturated carbocycles. The van der Waals surface area contributed by atoms with Gasteiger partial charge in [0.1, 0.15) is 23.8 Å². The van der Waals surface area contributed by atoms with Crippen molar-refractivity contribution in [3.8, 4) is 0 Å². The predicted octanol–water partition coefficient (Wildman–Crippen LogP) is 1.67. The summed E-state index contributed by atoms with van der Waals surface area (Å²) >= 11 is 0. The third-order valence-electron chi connectivity index (χ3n) is 2.97. The van der Waals surface area contributed by atoms with E-state index in [1.54, 1.807) is 7.11 Å². The second kappa shape index (κ2) is 6.17. The number of rotatable bonds is 5. The van der Waals surface area contributed by atoms with Crippen LogP contribution in [0.15, 0.2) is 12.4 Å². The normalized spacial score (nSPS) is 11.7. The summed E-state index contributed by atoms with van der Waals surface area (Å²) in [5.41, 5.74) is 0.753. The molecule has 7 nitrogen and oxygen atoms in total. The highest BCUT2D eigenvalue weighted by Gasteiger charge is 2.20. The average Bonchev–Trinajstić information content (AvgIpc) is 2.90.